The molecular formula is C34H53N7O3Si. The minimum Gasteiger partial charge on any atom is -0.415 e. The van der Waals surface area contributed by atoms with Crippen LogP contribution in [-0.2, 0) is 22.1 Å². The smallest absolute Gasteiger partial charge is 0.227 e. The molecule has 246 valence electrons. The van der Waals surface area contributed by atoms with Crippen molar-refractivity contribution < 1.29 is 14.3 Å². The Labute approximate surface area is 270 Å². The van der Waals surface area contributed by atoms with Gasteiger partial charge in [0.05, 0.1) is 42.4 Å². The molecule has 3 aromatic rings. The number of aryl methyl sites for hydroxylation is 1. The zero-order chi connectivity index (χ0) is 32.4. The maximum absolute atomic E-state index is 11.0. The SMILES string of the molecule is CC(C)(C)OC1CN(C(O)NC2CCCCc3cc(-c4ccnc(Nc5cnn(CCO[Si](C)(C)C(C)(C)C)c5)n4)ccc32)C1. The summed E-state index contributed by atoms with van der Waals surface area (Å²) in [5.41, 5.74) is 5.16. The van der Waals surface area contributed by atoms with Crippen molar-refractivity contribution in [2.75, 3.05) is 25.0 Å². The topological polar surface area (TPSA) is 110 Å². The van der Waals surface area contributed by atoms with E-state index < -0.39 is 14.7 Å². The van der Waals surface area contributed by atoms with Crippen molar-refractivity contribution in [2.24, 2.45) is 0 Å². The zero-order valence-corrected chi connectivity index (χ0v) is 29.4. The molecule has 2 atom stereocenters. The molecule has 0 radical (unpaired) electrons. The van der Waals surface area contributed by atoms with Gasteiger partial charge in [0.15, 0.2) is 14.7 Å². The van der Waals surface area contributed by atoms with Crippen LogP contribution in [0.25, 0.3) is 11.3 Å². The highest BCUT2D eigenvalue weighted by molar-refractivity contribution is 6.74. The van der Waals surface area contributed by atoms with Crippen LogP contribution in [0.15, 0.2) is 42.9 Å². The average Bonchev–Trinajstić information content (AvgIpc) is 3.27. The fourth-order valence-corrected chi connectivity index (χ4v) is 6.75. The molecule has 2 aliphatic rings. The number of aliphatic hydroxyl groups excluding tert-OH is 1. The highest BCUT2D eigenvalue weighted by Crippen LogP contribution is 2.36. The highest BCUT2D eigenvalue weighted by atomic mass is 28.4. The Morgan fingerprint density at radius 3 is 2.60 bits per heavy atom. The molecule has 0 spiro atoms. The Morgan fingerprint density at radius 1 is 1.09 bits per heavy atom. The van der Waals surface area contributed by atoms with Crippen molar-refractivity contribution in [2.45, 2.75) is 116 Å². The van der Waals surface area contributed by atoms with Crippen LogP contribution in [-0.4, -0.2) is 75.8 Å². The van der Waals surface area contributed by atoms with E-state index in [4.69, 9.17) is 14.1 Å². The van der Waals surface area contributed by atoms with E-state index in [1.165, 1.54) is 11.1 Å². The third-order valence-electron chi connectivity index (χ3n) is 9.23. The lowest BCUT2D eigenvalue weighted by molar-refractivity contribution is -0.172. The van der Waals surface area contributed by atoms with Crippen molar-refractivity contribution in [3.63, 3.8) is 0 Å². The molecule has 1 aliphatic carbocycles. The second-order valence-electron chi connectivity index (χ2n) is 15.0. The summed E-state index contributed by atoms with van der Waals surface area (Å²) in [5, 5.41) is 22.5. The van der Waals surface area contributed by atoms with Crippen LogP contribution < -0.4 is 10.6 Å². The summed E-state index contributed by atoms with van der Waals surface area (Å²) in [4.78, 5) is 11.3. The van der Waals surface area contributed by atoms with Gasteiger partial charge in [0, 0.05) is 37.1 Å². The quantitative estimate of drug-likeness (QED) is 0.128. The molecule has 11 heteroatoms. The number of hydrogen-bond acceptors (Lipinski definition) is 9. The lowest BCUT2D eigenvalue weighted by atomic mass is 9.95. The second kappa shape index (κ2) is 13.6. The van der Waals surface area contributed by atoms with Gasteiger partial charge in [0.1, 0.15) is 0 Å². The third-order valence-corrected chi connectivity index (χ3v) is 13.8. The van der Waals surface area contributed by atoms with E-state index >= 15 is 0 Å². The molecule has 1 fully saturated rings. The van der Waals surface area contributed by atoms with Gasteiger partial charge < -0.3 is 19.6 Å². The second-order valence-corrected chi connectivity index (χ2v) is 19.9. The molecule has 2 unspecified atom stereocenters. The number of rotatable bonds is 11. The monoisotopic (exact) mass is 635 g/mol. The van der Waals surface area contributed by atoms with Gasteiger partial charge in [-0.05, 0) is 81.4 Å². The van der Waals surface area contributed by atoms with Crippen LogP contribution in [0.5, 0.6) is 0 Å². The fourth-order valence-electron chi connectivity index (χ4n) is 5.71. The van der Waals surface area contributed by atoms with E-state index in [9.17, 15) is 5.11 Å². The first-order valence-electron chi connectivity index (χ1n) is 16.4. The molecule has 5 rings (SSSR count). The van der Waals surface area contributed by atoms with E-state index in [0.717, 1.165) is 55.7 Å². The fraction of sp³-hybridized carbons (Fsp3) is 0.618. The zero-order valence-electron chi connectivity index (χ0n) is 28.4. The summed E-state index contributed by atoms with van der Waals surface area (Å²) in [5.74, 6) is 0.533. The third kappa shape index (κ3) is 8.78. The maximum Gasteiger partial charge on any atom is 0.227 e. The van der Waals surface area contributed by atoms with Gasteiger partial charge in [-0.15, -0.1) is 0 Å². The van der Waals surface area contributed by atoms with Crippen LogP contribution in [0.3, 0.4) is 0 Å². The summed E-state index contributed by atoms with van der Waals surface area (Å²) < 4.78 is 14.3. The molecule has 1 aromatic carbocycles. The Hall–Kier alpha value is -2.67. The largest absolute Gasteiger partial charge is 0.415 e. The minimum absolute atomic E-state index is 0.0978. The lowest BCUT2D eigenvalue weighted by Crippen LogP contribution is -2.62. The summed E-state index contributed by atoms with van der Waals surface area (Å²) in [7, 11) is -1.79. The maximum atomic E-state index is 11.0. The highest BCUT2D eigenvalue weighted by Gasteiger charge is 2.37. The predicted octanol–water partition coefficient (Wildman–Crippen LogP) is 6.24. The summed E-state index contributed by atoms with van der Waals surface area (Å²) in [6.45, 7) is 20.3. The van der Waals surface area contributed by atoms with E-state index in [-0.39, 0.29) is 22.8 Å². The summed E-state index contributed by atoms with van der Waals surface area (Å²) >= 11 is 0. The van der Waals surface area contributed by atoms with Crippen LogP contribution in [0.1, 0.15) is 78.0 Å². The first kappa shape index (κ1) is 33.7. The number of hydrogen-bond donors (Lipinski definition) is 3. The van der Waals surface area contributed by atoms with Crippen LogP contribution in [0, 0.1) is 0 Å². The van der Waals surface area contributed by atoms with Gasteiger partial charge in [0.25, 0.3) is 0 Å². The van der Waals surface area contributed by atoms with Gasteiger partial charge in [-0.1, -0.05) is 39.3 Å². The van der Waals surface area contributed by atoms with Crippen molar-refractivity contribution in [1.29, 1.82) is 0 Å². The average molecular weight is 636 g/mol. The summed E-state index contributed by atoms with van der Waals surface area (Å²) in [6, 6.07) is 8.64. The number of aliphatic hydroxyl groups is 1. The first-order chi connectivity index (χ1) is 21.2. The normalized spacial score (nSPS) is 19.1. The number of nitrogens with zero attached hydrogens (tertiary/aromatic N) is 5. The number of fused-ring (bicyclic) bond motifs is 1. The standard InChI is InChI=1S/C34H53N7O3Si/c1-33(2,3)44-27-22-40(23-27)32(42)39-30-12-10-9-11-24-19-25(13-14-28(24)30)29-15-16-35-31(38-29)37-26-20-36-41(21-26)17-18-43-45(7,8)34(4,5)6/h13-16,19-21,27,30,32,39,42H,9-12,17-18,22-23H2,1-8H3,(H,35,37,38). The van der Waals surface area contributed by atoms with Gasteiger partial charge >= 0.3 is 0 Å². The molecule has 0 bridgehead atoms. The number of nitrogens with one attached hydrogen (secondary N) is 2. The number of aromatic nitrogens is 4. The lowest BCUT2D eigenvalue weighted by Gasteiger charge is -2.45. The minimum atomic E-state index is -1.79. The van der Waals surface area contributed by atoms with Gasteiger partial charge in [-0.25, -0.2) is 9.97 Å². The van der Waals surface area contributed by atoms with Gasteiger partial charge in [-0.2, -0.15) is 5.10 Å². The van der Waals surface area contributed by atoms with Gasteiger partial charge in [0.2, 0.25) is 5.95 Å². The number of likely N-dealkylation sites (tertiary alicyclic amines) is 1. The van der Waals surface area contributed by atoms with Crippen molar-refractivity contribution in [3.8, 4) is 11.3 Å². The van der Waals surface area contributed by atoms with E-state index in [1.807, 2.05) is 21.8 Å². The summed E-state index contributed by atoms with van der Waals surface area (Å²) in [6.07, 6.45) is 9.27. The van der Waals surface area contributed by atoms with E-state index in [2.05, 4.69) is 93.6 Å². The Kier molecular flexibility index (Phi) is 10.2. The van der Waals surface area contributed by atoms with Crippen molar-refractivity contribution >= 4 is 20.0 Å². The molecule has 3 heterocycles. The Bertz CT molecular complexity index is 1430. The molecule has 0 saturated carbocycles. The van der Waals surface area contributed by atoms with E-state index in [0.29, 0.717) is 19.1 Å². The van der Waals surface area contributed by atoms with Crippen LogP contribution in [0.2, 0.25) is 18.1 Å². The number of anilines is 2. The molecule has 0 amide bonds. The van der Waals surface area contributed by atoms with E-state index in [1.54, 1.807) is 12.4 Å². The molecule has 2 aromatic heterocycles. The molecule has 45 heavy (non-hydrogen) atoms. The van der Waals surface area contributed by atoms with Crippen molar-refractivity contribution in [3.05, 3.63) is 54.0 Å². The molecular weight excluding hydrogens is 583 g/mol. The molecule has 1 saturated heterocycles. The van der Waals surface area contributed by atoms with Crippen LogP contribution >= 0.6 is 0 Å². The predicted molar refractivity (Wildman–Crippen MR) is 182 cm³/mol. The number of ether oxygens (including phenoxy) is 1. The van der Waals surface area contributed by atoms with Crippen molar-refractivity contribution in [1.82, 2.24) is 30.0 Å². The molecule has 3 N–H and O–H groups in total. The van der Waals surface area contributed by atoms with Gasteiger partial charge in [-0.3, -0.25) is 14.9 Å². The van der Waals surface area contributed by atoms with Crippen LogP contribution in [0.4, 0.5) is 11.6 Å². The molecule has 10 nitrogen and oxygen atoms in total. The Morgan fingerprint density at radius 2 is 1.87 bits per heavy atom. The first-order valence-corrected chi connectivity index (χ1v) is 19.3. The molecule has 1 aliphatic heterocycles. The Balaban J connectivity index is 1.20. The number of benzene rings is 1.